The highest BCUT2D eigenvalue weighted by molar-refractivity contribution is 6.01. The molecule has 2 bridgehead atoms. The van der Waals surface area contributed by atoms with E-state index in [0.29, 0.717) is 36.3 Å². The van der Waals surface area contributed by atoms with E-state index in [4.69, 9.17) is 0 Å². The molecule has 1 unspecified atom stereocenters. The van der Waals surface area contributed by atoms with Crippen molar-refractivity contribution < 1.29 is 18.0 Å². The fraction of sp³-hybridized carbons (Fsp3) is 0.500. The van der Waals surface area contributed by atoms with E-state index in [2.05, 4.69) is 38.8 Å². The summed E-state index contributed by atoms with van der Waals surface area (Å²) in [5, 5.41) is 11.6. The van der Waals surface area contributed by atoms with Gasteiger partial charge in [-0.15, -0.1) is 10.2 Å². The lowest BCUT2D eigenvalue weighted by atomic mass is 9.96. The van der Waals surface area contributed by atoms with Crippen molar-refractivity contribution in [2.24, 2.45) is 0 Å². The van der Waals surface area contributed by atoms with Gasteiger partial charge in [0.05, 0.1) is 5.56 Å². The van der Waals surface area contributed by atoms with Gasteiger partial charge in [0, 0.05) is 48.5 Å². The van der Waals surface area contributed by atoms with Crippen molar-refractivity contribution in [2.45, 2.75) is 83.1 Å². The molecule has 2 saturated heterocycles. The van der Waals surface area contributed by atoms with Gasteiger partial charge in [-0.3, -0.25) is 9.80 Å². The molecule has 2 fully saturated rings. The van der Waals surface area contributed by atoms with Crippen molar-refractivity contribution in [1.82, 2.24) is 19.7 Å². The number of anilines is 2. The molecule has 0 aliphatic carbocycles. The van der Waals surface area contributed by atoms with Gasteiger partial charge < -0.3 is 9.88 Å². The average molecular weight is 555 g/mol. The van der Waals surface area contributed by atoms with Gasteiger partial charge >= 0.3 is 12.2 Å². The Kier molecular flexibility index (Phi) is 8.16. The predicted molar refractivity (Wildman–Crippen MR) is 150 cm³/mol. The number of nitrogens with one attached hydrogen (secondary N) is 1. The van der Waals surface area contributed by atoms with E-state index < -0.39 is 11.7 Å². The van der Waals surface area contributed by atoms with Gasteiger partial charge in [0.2, 0.25) is 0 Å². The van der Waals surface area contributed by atoms with Crippen LogP contribution in [0.5, 0.6) is 0 Å². The van der Waals surface area contributed by atoms with Crippen LogP contribution in [0.25, 0.3) is 0 Å². The molecule has 3 heterocycles. The van der Waals surface area contributed by atoms with Crippen LogP contribution in [-0.4, -0.2) is 50.9 Å². The zero-order chi connectivity index (χ0) is 28.4. The second kappa shape index (κ2) is 11.6. The van der Waals surface area contributed by atoms with Crippen LogP contribution in [0, 0.1) is 6.92 Å². The number of hydrogen-bond donors (Lipinski definition) is 1. The number of benzene rings is 2. The van der Waals surface area contributed by atoms with E-state index in [1.54, 1.807) is 4.90 Å². The SMILES string of the molecule is Cc1nnc(C(C)C)n1C1C[C@H]2CC[C@@H](C1)N2CCCN(C(=O)Nc1ccc(C(F)(F)F)cc1)c1ccccc1. The van der Waals surface area contributed by atoms with Gasteiger partial charge in [-0.05, 0) is 75.4 Å². The highest BCUT2D eigenvalue weighted by Gasteiger charge is 2.42. The number of para-hydroxylation sites is 1. The minimum Gasteiger partial charge on any atom is -0.312 e. The van der Waals surface area contributed by atoms with Gasteiger partial charge in [-0.2, -0.15) is 13.2 Å². The van der Waals surface area contributed by atoms with Crippen molar-refractivity contribution in [3.05, 3.63) is 71.8 Å². The number of hydrogen-bond acceptors (Lipinski definition) is 4. The minimum absolute atomic E-state index is 0.323. The highest BCUT2D eigenvalue weighted by Crippen LogP contribution is 2.42. The number of urea groups is 1. The number of rotatable bonds is 8. The van der Waals surface area contributed by atoms with Crippen LogP contribution in [0.3, 0.4) is 0 Å². The van der Waals surface area contributed by atoms with E-state index in [1.807, 2.05) is 37.3 Å². The molecule has 0 spiro atoms. The Morgan fingerprint density at radius 2 is 1.65 bits per heavy atom. The van der Waals surface area contributed by atoms with Gasteiger partial charge in [-0.25, -0.2) is 4.79 Å². The maximum absolute atomic E-state index is 13.3. The van der Waals surface area contributed by atoms with Gasteiger partial charge in [0.25, 0.3) is 0 Å². The number of carbonyl (C=O) groups is 1. The third kappa shape index (κ3) is 6.01. The summed E-state index contributed by atoms with van der Waals surface area (Å²) in [5.74, 6) is 2.38. The molecule has 40 heavy (non-hydrogen) atoms. The monoisotopic (exact) mass is 554 g/mol. The fourth-order valence-electron chi connectivity index (χ4n) is 6.35. The van der Waals surface area contributed by atoms with Gasteiger partial charge in [0.15, 0.2) is 0 Å². The summed E-state index contributed by atoms with van der Waals surface area (Å²) in [6.07, 6.45) is 0.873. The number of carbonyl (C=O) groups excluding carboxylic acids is 1. The standard InChI is InChI=1S/C30H37F3N6O/c1-20(2)28-36-35-21(3)39(28)27-18-25-14-15-26(19-27)37(25)16-7-17-38(24-8-5-4-6-9-24)29(40)34-23-12-10-22(11-13-23)30(31,32)33/h4-6,8-13,20,25-27H,7,14-19H2,1-3H3,(H,34,40)/t25-,26+,27?. The van der Waals surface area contributed by atoms with E-state index in [1.165, 1.54) is 25.0 Å². The molecule has 1 aromatic heterocycles. The normalized spacial score (nSPS) is 21.1. The lowest BCUT2D eigenvalue weighted by Gasteiger charge is -2.40. The average Bonchev–Trinajstić information content (AvgIpc) is 3.42. The largest absolute Gasteiger partial charge is 0.416 e. The predicted octanol–water partition coefficient (Wildman–Crippen LogP) is 7.03. The molecule has 10 heteroatoms. The van der Waals surface area contributed by atoms with E-state index >= 15 is 0 Å². The maximum Gasteiger partial charge on any atom is 0.416 e. The van der Waals surface area contributed by atoms with Gasteiger partial charge in [-0.1, -0.05) is 32.0 Å². The molecule has 3 aromatic rings. The van der Waals surface area contributed by atoms with Crippen LogP contribution in [-0.2, 0) is 6.18 Å². The van der Waals surface area contributed by atoms with Crippen LogP contribution >= 0.6 is 0 Å². The Labute approximate surface area is 233 Å². The second-order valence-electron chi connectivity index (χ2n) is 11.2. The van der Waals surface area contributed by atoms with Crippen molar-refractivity contribution in [3.63, 3.8) is 0 Å². The molecular formula is C30H37F3N6O. The Morgan fingerprint density at radius 3 is 2.25 bits per heavy atom. The quantitative estimate of drug-likeness (QED) is 0.325. The van der Waals surface area contributed by atoms with Crippen LogP contribution in [0.4, 0.5) is 29.3 Å². The molecule has 0 saturated carbocycles. The van der Waals surface area contributed by atoms with Crippen LogP contribution < -0.4 is 10.2 Å². The van der Waals surface area contributed by atoms with Crippen molar-refractivity contribution in [1.29, 1.82) is 0 Å². The first-order valence-electron chi connectivity index (χ1n) is 14.1. The zero-order valence-electron chi connectivity index (χ0n) is 23.2. The number of aryl methyl sites for hydroxylation is 1. The first kappa shape index (κ1) is 28.1. The van der Waals surface area contributed by atoms with Gasteiger partial charge in [0.1, 0.15) is 11.6 Å². The number of fused-ring (bicyclic) bond motifs is 2. The topological polar surface area (TPSA) is 66.3 Å². The molecule has 2 aliphatic rings. The summed E-state index contributed by atoms with van der Waals surface area (Å²) in [4.78, 5) is 17.6. The Balaban J connectivity index is 1.22. The summed E-state index contributed by atoms with van der Waals surface area (Å²) >= 11 is 0. The number of amides is 2. The Hall–Kier alpha value is -3.40. The summed E-state index contributed by atoms with van der Waals surface area (Å²) in [6, 6.07) is 14.9. The third-order valence-electron chi connectivity index (χ3n) is 8.21. The fourth-order valence-corrected chi connectivity index (χ4v) is 6.35. The Morgan fingerprint density at radius 1 is 1.00 bits per heavy atom. The Bertz CT molecular complexity index is 1280. The van der Waals surface area contributed by atoms with Crippen molar-refractivity contribution in [2.75, 3.05) is 23.3 Å². The minimum atomic E-state index is -4.42. The first-order chi connectivity index (χ1) is 19.1. The van der Waals surface area contributed by atoms with Crippen molar-refractivity contribution in [3.8, 4) is 0 Å². The summed E-state index contributed by atoms with van der Waals surface area (Å²) in [6.45, 7) is 7.75. The molecule has 7 nitrogen and oxygen atoms in total. The summed E-state index contributed by atoms with van der Waals surface area (Å²) in [7, 11) is 0. The lowest BCUT2D eigenvalue weighted by molar-refractivity contribution is -0.137. The highest BCUT2D eigenvalue weighted by atomic mass is 19.4. The first-order valence-corrected chi connectivity index (χ1v) is 14.1. The van der Waals surface area contributed by atoms with E-state index in [0.717, 1.165) is 55.3 Å². The zero-order valence-corrected chi connectivity index (χ0v) is 23.2. The third-order valence-corrected chi connectivity index (χ3v) is 8.21. The molecule has 2 amide bonds. The molecule has 2 aromatic carbocycles. The van der Waals surface area contributed by atoms with Crippen LogP contribution in [0.1, 0.15) is 75.1 Å². The van der Waals surface area contributed by atoms with E-state index in [-0.39, 0.29) is 6.03 Å². The lowest BCUT2D eigenvalue weighted by Crippen LogP contribution is -2.45. The second-order valence-corrected chi connectivity index (χ2v) is 11.2. The molecule has 0 radical (unpaired) electrons. The molecule has 1 N–H and O–H groups in total. The molecular weight excluding hydrogens is 517 g/mol. The van der Waals surface area contributed by atoms with E-state index in [9.17, 15) is 18.0 Å². The maximum atomic E-state index is 13.3. The molecule has 5 rings (SSSR count). The van der Waals surface area contributed by atoms with Crippen molar-refractivity contribution >= 4 is 17.4 Å². The summed E-state index contributed by atoms with van der Waals surface area (Å²) < 4.78 is 41.2. The van der Waals surface area contributed by atoms with Crippen LogP contribution in [0.15, 0.2) is 54.6 Å². The number of nitrogens with zero attached hydrogens (tertiary/aromatic N) is 5. The van der Waals surface area contributed by atoms with Crippen LogP contribution in [0.2, 0.25) is 0 Å². The summed E-state index contributed by atoms with van der Waals surface area (Å²) in [5.41, 5.74) is 0.325. The molecule has 214 valence electrons. The smallest absolute Gasteiger partial charge is 0.312 e. The number of piperidine rings is 1. The number of halogens is 3. The molecule has 3 atom stereocenters. The number of aromatic nitrogens is 3. The molecule has 2 aliphatic heterocycles. The number of alkyl halides is 3.